The number of halogens is 1. The van der Waals surface area contributed by atoms with Crippen molar-refractivity contribution >= 4 is 33.7 Å². The van der Waals surface area contributed by atoms with Crippen molar-refractivity contribution in [2.45, 2.75) is 18.8 Å². The highest BCUT2D eigenvalue weighted by molar-refractivity contribution is 7.17. The Labute approximate surface area is 140 Å². The third kappa shape index (κ3) is 3.02. The first kappa shape index (κ1) is 14.5. The first-order valence-corrected chi connectivity index (χ1v) is 8.88. The molecule has 0 aliphatic heterocycles. The van der Waals surface area contributed by atoms with Crippen molar-refractivity contribution in [2.75, 3.05) is 5.32 Å². The van der Waals surface area contributed by atoms with Gasteiger partial charge in [0, 0.05) is 16.9 Å². The number of benzene rings is 1. The lowest BCUT2D eigenvalue weighted by Crippen LogP contribution is -2.09. The second-order valence-electron chi connectivity index (χ2n) is 5.32. The van der Waals surface area contributed by atoms with Gasteiger partial charge in [-0.15, -0.1) is 22.7 Å². The Hall–Kier alpha value is -2.12. The minimum Gasteiger partial charge on any atom is -0.297 e. The summed E-state index contributed by atoms with van der Waals surface area (Å²) in [6.07, 6.45) is 3.83. The average molecular weight is 345 g/mol. The van der Waals surface area contributed by atoms with E-state index in [0.29, 0.717) is 26.5 Å². The second-order valence-corrected chi connectivity index (χ2v) is 7.20. The number of hydrogen-bond donors (Lipinski definition) is 1. The number of carbonyl (C=O) groups excluding carboxylic acids is 1. The standard InChI is InChI=1S/C16H12FN3OS2/c17-11-4-2-1-3-10(11)15-18-7-13(23-15)14(21)20-16-19-12(8-22-16)9-5-6-9/h1-4,7-9H,5-6H2,(H,19,20,21). The summed E-state index contributed by atoms with van der Waals surface area (Å²) in [5, 5.41) is 5.86. The van der Waals surface area contributed by atoms with E-state index in [2.05, 4.69) is 15.3 Å². The summed E-state index contributed by atoms with van der Waals surface area (Å²) in [6.45, 7) is 0. The van der Waals surface area contributed by atoms with E-state index in [1.165, 1.54) is 47.8 Å². The molecule has 0 unspecified atom stereocenters. The number of thiazole rings is 2. The van der Waals surface area contributed by atoms with Crippen LogP contribution in [-0.4, -0.2) is 15.9 Å². The Morgan fingerprint density at radius 2 is 2.13 bits per heavy atom. The van der Waals surface area contributed by atoms with Crippen molar-refractivity contribution in [3.05, 3.63) is 52.2 Å². The van der Waals surface area contributed by atoms with Gasteiger partial charge in [-0.3, -0.25) is 10.1 Å². The molecule has 1 saturated carbocycles. The lowest BCUT2D eigenvalue weighted by molar-refractivity contribution is 0.103. The molecule has 1 aromatic carbocycles. The number of nitrogens with one attached hydrogen (secondary N) is 1. The quantitative estimate of drug-likeness (QED) is 0.755. The molecule has 0 spiro atoms. The Morgan fingerprint density at radius 3 is 2.91 bits per heavy atom. The highest BCUT2D eigenvalue weighted by atomic mass is 32.1. The molecule has 23 heavy (non-hydrogen) atoms. The van der Waals surface area contributed by atoms with E-state index in [1.54, 1.807) is 18.2 Å². The summed E-state index contributed by atoms with van der Waals surface area (Å²) < 4.78 is 13.8. The van der Waals surface area contributed by atoms with Crippen LogP contribution in [0.2, 0.25) is 0 Å². The minimum atomic E-state index is -0.345. The smallest absolute Gasteiger partial charge is 0.269 e. The van der Waals surface area contributed by atoms with Crippen LogP contribution in [0.25, 0.3) is 10.6 Å². The molecule has 1 fully saturated rings. The summed E-state index contributed by atoms with van der Waals surface area (Å²) >= 11 is 2.59. The third-order valence-corrected chi connectivity index (χ3v) is 5.38. The summed E-state index contributed by atoms with van der Waals surface area (Å²) in [5.41, 5.74) is 1.46. The van der Waals surface area contributed by atoms with Crippen molar-refractivity contribution in [2.24, 2.45) is 0 Å². The van der Waals surface area contributed by atoms with Gasteiger partial charge < -0.3 is 0 Å². The lowest BCUT2D eigenvalue weighted by Gasteiger charge is -1.98. The molecule has 4 rings (SSSR count). The Kier molecular flexibility index (Phi) is 3.66. The number of rotatable bonds is 4. The second kappa shape index (κ2) is 5.82. The van der Waals surface area contributed by atoms with Crippen molar-refractivity contribution in [3.63, 3.8) is 0 Å². The van der Waals surface area contributed by atoms with Gasteiger partial charge in [0.25, 0.3) is 5.91 Å². The van der Waals surface area contributed by atoms with Crippen LogP contribution in [0.15, 0.2) is 35.8 Å². The highest BCUT2D eigenvalue weighted by Gasteiger charge is 2.26. The average Bonchev–Trinajstić information content (AvgIpc) is 3.09. The number of amides is 1. The Morgan fingerprint density at radius 1 is 1.30 bits per heavy atom. The van der Waals surface area contributed by atoms with Gasteiger partial charge in [0.2, 0.25) is 0 Å². The van der Waals surface area contributed by atoms with Gasteiger partial charge in [0.05, 0.1) is 11.9 Å². The van der Waals surface area contributed by atoms with Crippen LogP contribution in [0.4, 0.5) is 9.52 Å². The normalized spacial score (nSPS) is 14.0. The molecule has 3 aromatic rings. The number of carbonyl (C=O) groups is 1. The van der Waals surface area contributed by atoms with E-state index in [9.17, 15) is 9.18 Å². The van der Waals surface area contributed by atoms with Crippen molar-refractivity contribution in [1.82, 2.24) is 9.97 Å². The zero-order valence-corrected chi connectivity index (χ0v) is 13.6. The maximum absolute atomic E-state index is 13.8. The molecule has 1 aliphatic rings. The third-order valence-electron chi connectivity index (χ3n) is 3.57. The number of aromatic nitrogens is 2. The molecular weight excluding hydrogens is 333 g/mol. The molecule has 2 heterocycles. The van der Waals surface area contributed by atoms with Gasteiger partial charge >= 0.3 is 0 Å². The predicted molar refractivity (Wildman–Crippen MR) is 89.6 cm³/mol. The van der Waals surface area contributed by atoms with Crippen LogP contribution in [0, 0.1) is 5.82 Å². The number of nitrogens with zero attached hydrogens (tertiary/aromatic N) is 2. The van der Waals surface area contributed by atoms with Crippen LogP contribution in [0.3, 0.4) is 0 Å². The van der Waals surface area contributed by atoms with E-state index < -0.39 is 0 Å². The van der Waals surface area contributed by atoms with Crippen LogP contribution < -0.4 is 5.32 Å². The van der Waals surface area contributed by atoms with E-state index in [1.807, 2.05) is 5.38 Å². The molecule has 1 N–H and O–H groups in total. The van der Waals surface area contributed by atoms with Gasteiger partial charge in [-0.2, -0.15) is 0 Å². The maximum atomic E-state index is 13.8. The molecule has 0 bridgehead atoms. The first-order chi connectivity index (χ1) is 11.2. The molecule has 2 aromatic heterocycles. The largest absolute Gasteiger partial charge is 0.297 e. The summed E-state index contributed by atoms with van der Waals surface area (Å²) in [7, 11) is 0. The molecule has 1 amide bonds. The van der Waals surface area contributed by atoms with Crippen LogP contribution >= 0.6 is 22.7 Å². The van der Waals surface area contributed by atoms with Crippen LogP contribution in [0.1, 0.15) is 34.1 Å². The molecule has 4 nitrogen and oxygen atoms in total. The maximum Gasteiger partial charge on any atom is 0.269 e. The first-order valence-electron chi connectivity index (χ1n) is 7.18. The van der Waals surface area contributed by atoms with Gasteiger partial charge in [-0.05, 0) is 25.0 Å². The molecule has 7 heteroatoms. The fourth-order valence-electron chi connectivity index (χ4n) is 2.21. The molecular formula is C16H12FN3OS2. The van der Waals surface area contributed by atoms with Gasteiger partial charge in [-0.1, -0.05) is 12.1 Å². The summed E-state index contributed by atoms with van der Waals surface area (Å²) in [4.78, 5) is 21.3. The van der Waals surface area contributed by atoms with Crippen LogP contribution in [0.5, 0.6) is 0 Å². The van der Waals surface area contributed by atoms with E-state index in [-0.39, 0.29) is 11.7 Å². The fraction of sp³-hybridized carbons (Fsp3) is 0.188. The zero-order valence-electron chi connectivity index (χ0n) is 12.0. The lowest BCUT2D eigenvalue weighted by atomic mass is 10.2. The van der Waals surface area contributed by atoms with Gasteiger partial charge in [0.1, 0.15) is 15.7 Å². The fourth-order valence-corrected chi connectivity index (χ4v) is 3.83. The Bertz CT molecular complexity index is 870. The van der Waals surface area contributed by atoms with E-state index in [0.717, 1.165) is 5.69 Å². The summed E-state index contributed by atoms with van der Waals surface area (Å²) in [5.74, 6) is -0.0439. The molecule has 116 valence electrons. The van der Waals surface area contributed by atoms with Gasteiger partial charge in [-0.25, -0.2) is 14.4 Å². The van der Waals surface area contributed by atoms with Crippen molar-refractivity contribution in [1.29, 1.82) is 0 Å². The molecule has 1 aliphatic carbocycles. The molecule has 0 atom stereocenters. The van der Waals surface area contributed by atoms with Gasteiger partial charge in [0.15, 0.2) is 5.13 Å². The monoisotopic (exact) mass is 345 g/mol. The topological polar surface area (TPSA) is 54.9 Å². The Balaban J connectivity index is 1.51. The van der Waals surface area contributed by atoms with Crippen molar-refractivity contribution in [3.8, 4) is 10.6 Å². The van der Waals surface area contributed by atoms with Crippen molar-refractivity contribution < 1.29 is 9.18 Å². The number of anilines is 1. The van der Waals surface area contributed by atoms with Crippen LogP contribution in [-0.2, 0) is 0 Å². The molecule has 0 radical (unpaired) electrons. The predicted octanol–water partition coefficient (Wildman–Crippen LogP) is 4.54. The number of hydrogen-bond acceptors (Lipinski definition) is 5. The summed E-state index contributed by atoms with van der Waals surface area (Å²) in [6, 6.07) is 6.40. The zero-order chi connectivity index (χ0) is 15.8. The van der Waals surface area contributed by atoms with E-state index >= 15 is 0 Å². The minimum absolute atomic E-state index is 0.262. The molecule has 0 saturated heterocycles. The SMILES string of the molecule is O=C(Nc1nc(C2CC2)cs1)c1cnc(-c2ccccc2F)s1. The highest BCUT2D eigenvalue weighted by Crippen LogP contribution is 2.41. The van der Waals surface area contributed by atoms with E-state index in [4.69, 9.17) is 0 Å².